The van der Waals surface area contributed by atoms with Crippen molar-refractivity contribution >= 4 is 28.0 Å². The van der Waals surface area contributed by atoms with E-state index in [4.69, 9.17) is 4.42 Å². The van der Waals surface area contributed by atoms with Crippen LogP contribution in [-0.2, 0) is 10.0 Å². The van der Waals surface area contributed by atoms with Crippen LogP contribution in [0.3, 0.4) is 0 Å². The van der Waals surface area contributed by atoms with Crippen LogP contribution < -0.4 is 0 Å². The van der Waals surface area contributed by atoms with Gasteiger partial charge < -0.3 is 9.52 Å². The first-order valence-corrected chi connectivity index (χ1v) is 8.47. The van der Waals surface area contributed by atoms with Crippen molar-refractivity contribution in [3.8, 4) is 0 Å². The third-order valence-corrected chi connectivity index (χ3v) is 4.61. The summed E-state index contributed by atoms with van der Waals surface area (Å²) in [6.45, 7) is -0.334. The first-order valence-electron chi connectivity index (χ1n) is 7.03. The van der Waals surface area contributed by atoms with Crippen molar-refractivity contribution in [2.75, 3.05) is 13.2 Å². The first kappa shape index (κ1) is 16.8. The summed E-state index contributed by atoms with van der Waals surface area (Å²) in [5.74, 6) is -0.285. The molecule has 0 atom stereocenters. The van der Waals surface area contributed by atoms with Gasteiger partial charge in [0.1, 0.15) is 9.82 Å². The molecule has 2 aromatic rings. The van der Waals surface area contributed by atoms with E-state index in [9.17, 15) is 23.6 Å². The number of nitrogens with zero attached hydrogens (tertiary/aromatic N) is 4. The van der Waals surface area contributed by atoms with Crippen LogP contribution in [0.1, 0.15) is 11.3 Å². The van der Waals surface area contributed by atoms with Gasteiger partial charge in [-0.1, -0.05) is 12.1 Å². The number of amidine groups is 1. The van der Waals surface area contributed by atoms with E-state index in [-0.39, 0.29) is 29.6 Å². The van der Waals surface area contributed by atoms with Crippen LogP contribution in [0.2, 0.25) is 0 Å². The summed E-state index contributed by atoms with van der Waals surface area (Å²) in [4.78, 5) is 9.98. The summed E-state index contributed by atoms with van der Waals surface area (Å²) in [7, 11) is -3.83. The smallest absolute Gasteiger partial charge is 0.400 e. The molecule has 0 bridgehead atoms. The number of aliphatic hydroxyl groups is 1. The number of hydrogen-bond donors (Lipinski definition) is 1. The molecule has 2 heterocycles. The molecule has 1 N–H and O–H groups in total. The van der Waals surface area contributed by atoms with E-state index >= 15 is 0 Å². The Bertz CT molecular complexity index is 979. The molecule has 0 amide bonds. The van der Waals surface area contributed by atoms with E-state index in [0.29, 0.717) is 5.56 Å². The summed E-state index contributed by atoms with van der Waals surface area (Å²) in [6.07, 6.45) is 1.18. The van der Waals surface area contributed by atoms with Gasteiger partial charge in [-0.05, 0) is 18.2 Å². The summed E-state index contributed by atoms with van der Waals surface area (Å²) >= 11 is 0. The number of hydrogen-bond acceptors (Lipinski definition) is 8. The van der Waals surface area contributed by atoms with Crippen LogP contribution in [-0.4, -0.2) is 48.7 Å². The fraction of sp³-hybridized carbons (Fsp3) is 0.143. The molecule has 0 radical (unpaired) electrons. The first-order chi connectivity index (χ1) is 11.9. The fourth-order valence-electron chi connectivity index (χ4n) is 2.22. The van der Waals surface area contributed by atoms with Gasteiger partial charge in [-0.3, -0.25) is 10.1 Å². The van der Waals surface area contributed by atoms with Crippen molar-refractivity contribution in [3.05, 3.63) is 57.8 Å². The quantitative estimate of drug-likeness (QED) is 0.473. The van der Waals surface area contributed by atoms with Crippen molar-refractivity contribution in [2.45, 2.75) is 4.90 Å². The molecule has 1 aliphatic heterocycles. The van der Waals surface area contributed by atoms with E-state index in [1.165, 1.54) is 29.4 Å². The van der Waals surface area contributed by atoms with Crippen molar-refractivity contribution in [1.29, 1.82) is 0 Å². The number of fused-ring (bicyclic) bond motifs is 1. The number of rotatable bonds is 5. The lowest BCUT2D eigenvalue weighted by molar-refractivity contribution is -0.402. The summed E-state index contributed by atoms with van der Waals surface area (Å²) < 4.78 is 32.9. The minimum absolute atomic E-state index is 0.0258. The molecule has 0 aliphatic carbocycles. The molecule has 0 saturated carbocycles. The lowest BCUT2D eigenvalue weighted by atomic mass is 10.2. The highest BCUT2D eigenvalue weighted by Gasteiger charge is 2.31. The zero-order chi connectivity index (χ0) is 18.0. The van der Waals surface area contributed by atoms with Crippen LogP contribution in [0.15, 0.2) is 55.2 Å². The molecule has 1 aromatic heterocycles. The van der Waals surface area contributed by atoms with Crippen LogP contribution in [0.4, 0.5) is 5.88 Å². The van der Waals surface area contributed by atoms with Crippen molar-refractivity contribution < 1.29 is 22.9 Å². The maximum Gasteiger partial charge on any atom is 0.433 e. The Hall–Kier alpha value is -3.05. The number of aliphatic hydroxyl groups excluding tert-OH is 1. The predicted octanol–water partition coefficient (Wildman–Crippen LogP) is 0.965. The lowest BCUT2D eigenvalue weighted by Gasteiger charge is -2.17. The number of sulfonamides is 1. The van der Waals surface area contributed by atoms with Gasteiger partial charge in [0.25, 0.3) is 10.0 Å². The number of benzene rings is 1. The molecule has 10 nitrogen and oxygen atoms in total. The standard InChI is InChI=1S/C14H12N4O6S/c19-8-7-17(15-9-10-5-6-13(24-10)18(20)21)14-11-3-1-2-4-12(11)25(22,23)16-14/h1-6,9,19H,7-8H2. The minimum Gasteiger partial charge on any atom is -0.400 e. The van der Waals surface area contributed by atoms with Crippen LogP contribution in [0, 0.1) is 10.1 Å². The zero-order valence-electron chi connectivity index (χ0n) is 12.6. The molecule has 0 unspecified atom stereocenters. The van der Waals surface area contributed by atoms with Gasteiger partial charge in [-0.15, -0.1) is 4.40 Å². The van der Waals surface area contributed by atoms with Crippen LogP contribution in [0.5, 0.6) is 0 Å². The molecule has 1 aliphatic rings. The van der Waals surface area contributed by atoms with E-state index < -0.39 is 20.8 Å². The van der Waals surface area contributed by atoms with Crippen molar-refractivity contribution in [3.63, 3.8) is 0 Å². The Morgan fingerprint density at radius 2 is 2.08 bits per heavy atom. The second-order valence-electron chi connectivity index (χ2n) is 4.91. The Morgan fingerprint density at radius 3 is 2.76 bits per heavy atom. The second kappa shape index (κ2) is 6.45. The Balaban J connectivity index is 1.94. The minimum atomic E-state index is -3.83. The second-order valence-corrected chi connectivity index (χ2v) is 6.48. The third-order valence-electron chi connectivity index (χ3n) is 3.29. The van der Waals surface area contributed by atoms with Gasteiger partial charge >= 0.3 is 5.88 Å². The van der Waals surface area contributed by atoms with Gasteiger partial charge in [0.2, 0.25) is 0 Å². The van der Waals surface area contributed by atoms with E-state index in [2.05, 4.69) is 9.50 Å². The summed E-state index contributed by atoms with van der Waals surface area (Å²) in [6, 6.07) is 8.77. The SMILES string of the molecule is O=[N+]([O-])c1ccc(C=NN(CCO)C2=NS(=O)(=O)c3ccccc32)o1. The summed E-state index contributed by atoms with van der Waals surface area (Å²) in [5, 5.41) is 25.1. The van der Waals surface area contributed by atoms with Gasteiger partial charge in [-0.2, -0.15) is 13.5 Å². The fourth-order valence-corrected chi connectivity index (χ4v) is 3.43. The Morgan fingerprint density at radius 1 is 1.32 bits per heavy atom. The van der Waals surface area contributed by atoms with Crippen molar-refractivity contribution in [1.82, 2.24) is 5.01 Å². The van der Waals surface area contributed by atoms with Gasteiger partial charge in [0.05, 0.1) is 25.4 Å². The number of hydrazone groups is 1. The number of furan rings is 1. The van der Waals surface area contributed by atoms with Gasteiger partial charge in [-0.25, -0.2) is 5.01 Å². The highest BCUT2D eigenvalue weighted by Crippen LogP contribution is 2.27. The normalized spacial score (nSPS) is 15.2. The molecule has 25 heavy (non-hydrogen) atoms. The summed E-state index contributed by atoms with van der Waals surface area (Å²) in [5.41, 5.74) is 0.360. The van der Waals surface area contributed by atoms with Crippen LogP contribution >= 0.6 is 0 Å². The molecule has 11 heteroatoms. The molecule has 0 fully saturated rings. The van der Waals surface area contributed by atoms with Crippen molar-refractivity contribution in [2.24, 2.45) is 9.50 Å². The molecular formula is C14H12N4O6S. The average molecular weight is 364 g/mol. The predicted molar refractivity (Wildman–Crippen MR) is 86.9 cm³/mol. The highest BCUT2D eigenvalue weighted by atomic mass is 32.2. The Labute approximate surface area is 141 Å². The highest BCUT2D eigenvalue weighted by molar-refractivity contribution is 7.90. The number of nitro groups is 1. The maximum atomic E-state index is 12.1. The topological polar surface area (TPSA) is 139 Å². The molecule has 1 aromatic carbocycles. The average Bonchev–Trinajstić information content (AvgIpc) is 3.15. The molecule has 0 saturated heterocycles. The molecule has 0 spiro atoms. The lowest BCUT2D eigenvalue weighted by Crippen LogP contribution is -2.28. The molecule has 130 valence electrons. The largest absolute Gasteiger partial charge is 0.433 e. The molecule has 3 rings (SSSR count). The Kier molecular flexibility index (Phi) is 4.33. The van der Waals surface area contributed by atoms with Crippen LogP contribution in [0.25, 0.3) is 0 Å². The van der Waals surface area contributed by atoms with E-state index in [1.807, 2.05) is 0 Å². The third kappa shape index (κ3) is 3.27. The maximum absolute atomic E-state index is 12.1. The van der Waals surface area contributed by atoms with Gasteiger partial charge in [0, 0.05) is 5.56 Å². The van der Waals surface area contributed by atoms with Gasteiger partial charge in [0.15, 0.2) is 11.6 Å². The van der Waals surface area contributed by atoms with E-state index in [1.54, 1.807) is 18.2 Å². The zero-order valence-corrected chi connectivity index (χ0v) is 13.5. The molecular weight excluding hydrogens is 352 g/mol. The van der Waals surface area contributed by atoms with E-state index in [0.717, 1.165) is 0 Å². The monoisotopic (exact) mass is 364 g/mol.